The molecule has 150 valence electrons. The molecule has 0 saturated heterocycles. The number of methoxy groups -OCH3 is 1. The third-order valence-corrected chi connectivity index (χ3v) is 9.87. The van der Waals surface area contributed by atoms with Gasteiger partial charge in [-0.3, -0.25) is 0 Å². The molecule has 10 atom stereocenters. The number of hydrogen-bond donors (Lipinski definition) is 1. The summed E-state index contributed by atoms with van der Waals surface area (Å²) < 4.78 is 5.26. The molecule has 0 aliphatic heterocycles. The lowest BCUT2D eigenvalue weighted by atomic mass is 9.48. The van der Waals surface area contributed by atoms with E-state index in [1.165, 1.54) is 57.8 Å². The van der Waals surface area contributed by atoms with Gasteiger partial charge in [-0.25, -0.2) is 0 Å². The minimum atomic E-state index is -0.297. The third-order valence-electron chi connectivity index (χ3n) is 9.87. The minimum absolute atomic E-state index is 0.297. The lowest BCUT2D eigenvalue weighted by Crippen LogP contribution is -2.49. The highest BCUT2D eigenvalue weighted by Crippen LogP contribution is 2.65. The maximum Gasteiger partial charge on any atom is 0.0801 e. The Balaban J connectivity index is 1.49. The van der Waals surface area contributed by atoms with Crippen molar-refractivity contribution in [2.45, 2.75) is 84.7 Å². The molecule has 0 heterocycles. The zero-order valence-corrected chi connectivity index (χ0v) is 17.6. The van der Waals surface area contributed by atoms with Crippen LogP contribution in [0.5, 0.6) is 0 Å². The van der Waals surface area contributed by atoms with Crippen LogP contribution in [0.25, 0.3) is 0 Å². The number of aliphatic hydroxyl groups is 1. The first-order valence-corrected chi connectivity index (χ1v) is 11.6. The van der Waals surface area contributed by atoms with Crippen LogP contribution in [0.15, 0.2) is 0 Å². The van der Waals surface area contributed by atoms with E-state index in [0.29, 0.717) is 23.9 Å². The predicted molar refractivity (Wildman–Crippen MR) is 107 cm³/mol. The highest BCUT2D eigenvalue weighted by Gasteiger charge is 2.58. The molecule has 0 aromatic carbocycles. The normalized spacial score (nSPS) is 50.4. The quantitative estimate of drug-likeness (QED) is 0.712. The lowest BCUT2D eigenvalue weighted by Gasteiger charge is -2.57. The second-order valence-corrected chi connectivity index (χ2v) is 11.0. The monoisotopic (exact) mass is 362 g/mol. The molecule has 4 rings (SSSR count). The van der Waals surface area contributed by atoms with Crippen molar-refractivity contribution in [3.05, 3.63) is 0 Å². The first-order chi connectivity index (χ1) is 12.5. The molecule has 26 heavy (non-hydrogen) atoms. The summed E-state index contributed by atoms with van der Waals surface area (Å²) in [4.78, 5) is 0. The van der Waals surface area contributed by atoms with Crippen LogP contribution in [-0.2, 0) is 4.74 Å². The smallest absolute Gasteiger partial charge is 0.0801 e. The second kappa shape index (κ2) is 7.39. The van der Waals surface area contributed by atoms with Gasteiger partial charge >= 0.3 is 0 Å². The summed E-state index contributed by atoms with van der Waals surface area (Å²) in [5, 5.41) is 10.6. The van der Waals surface area contributed by atoms with E-state index in [9.17, 15) is 5.11 Å². The summed E-state index contributed by atoms with van der Waals surface area (Å²) in [5.41, 5.74) is 0.462. The molecular weight excluding hydrogens is 320 g/mol. The molecule has 4 aliphatic rings. The fourth-order valence-corrected chi connectivity index (χ4v) is 8.58. The van der Waals surface area contributed by atoms with E-state index in [0.717, 1.165) is 35.5 Å². The fraction of sp³-hybridized carbons (Fsp3) is 1.00. The van der Waals surface area contributed by atoms with E-state index < -0.39 is 0 Å². The van der Waals surface area contributed by atoms with Gasteiger partial charge in [0, 0.05) is 7.11 Å². The van der Waals surface area contributed by atoms with Gasteiger partial charge in [0.05, 0.1) is 12.7 Å². The highest BCUT2D eigenvalue weighted by molar-refractivity contribution is 5.07. The van der Waals surface area contributed by atoms with Crippen molar-refractivity contribution in [2.24, 2.45) is 52.8 Å². The first kappa shape index (κ1) is 19.2. The molecule has 1 N–H and O–H groups in total. The molecule has 4 saturated carbocycles. The zero-order chi connectivity index (χ0) is 18.5. The molecule has 4 fully saturated rings. The van der Waals surface area contributed by atoms with E-state index >= 15 is 0 Å². The van der Waals surface area contributed by atoms with Gasteiger partial charge < -0.3 is 9.84 Å². The number of aliphatic hydroxyl groups excluding tert-OH is 1. The van der Waals surface area contributed by atoms with E-state index in [4.69, 9.17) is 4.74 Å². The third kappa shape index (κ3) is 3.08. The number of rotatable bonds is 4. The molecule has 0 spiro atoms. The van der Waals surface area contributed by atoms with Crippen LogP contribution in [0.1, 0.15) is 78.6 Å². The van der Waals surface area contributed by atoms with Crippen molar-refractivity contribution in [3.8, 4) is 0 Å². The molecule has 0 bridgehead atoms. The lowest BCUT2D eigenvalue weighted by molar-refractivity contribution is -0.0854. The molecule has 4 aliphatic carbocycles. The molecule has 2 heteroatoms. The molecule has 0 aromatic rings. The average Bonchev–Trinajstić information content (AvgIpc) is 2.98. The number of ether oxygens (including phenoxy) is 1. The first-order valence-electron chi connectivity index (χ1n) is 11.6. The van der Waals surface area contributed by atoms with Crippen molar-refractivity contribution >= 4 is 0 Å². The van der Waals surface area contributed by atoms with Crippen LogP contribution in [0, 0.1) is 52.8 Å². The van der Waals surface area contributed by atoms with Gasteiger partial charge in [0.2, 0.25) is 0 Å². The Labute approximate surface area is 161 Å². The van der Waals surface area contributed by atoms with Gasteiger partial charge in [-0.15, -0.1) is 0 Å². The largest absolute Gasteiger partial charge is 0.390 e. The molecule has 0 aromatic heterocycles. The standard InChI is InChI=1S/C24H42O2/c1-15-5-7-18-17(13-15)6-8-20-19(18)11-12-24(3)21(9-10-22(20)24)16(2)23(25)14-26-4/h15-23,25H,5-14H2,1-4H3/t15-,16?,17+,18-,19?,20+,21?,22?,23+,24+/m0/s1. The van der Waals surface area contributed by atoms with Crippen LogP contribution >= 0.6 is 0 Å². The van der Waals surface area contributed by atoms with Gasteiger partial charge in [-0.05, 0) is 104 Å². The predicted octanol–water partition coefficient (Wildman–Crippen LogP) is 5.53. The van der Waals surface area contributed by atoms with Crippen LogP contribution in [0.2, 0.25) is 0 Å². The summed E-state index contributed by atoms with van der Waals surface area (Å²) in [6.45, 7) is 7.85. The van der Waals surface area contributed by atoms with Gasteiger partial charge in [0.15, 0.2) is 0 Å². The average molecular weight is 363 g/mol. The molecule has 2 nitrogen and oxygen atoms in total. The van der Waals surface area contributed by atoms with Gasteiger partial charge in [0.1, 0.15) is 0 Å². The summed E-state index contributed by atoms with van der Waals surface area (Å²) in [7, 11) is 1.71. The van der Waals surface area contributed by atoms with Crippen molar-refractivity contribution < 1.29 is 9.84 Å². The summed E-state index contributed by atoms with van der Waals surface area (Å²) >= 11 is 0. The Morgan fingerprint density at radius 2 is 1.77 bits per heavy atom. The second-order valence-electron chi connectivity index (χ2n) is 11.0. The maximum absolute atomic E-state index is 10.6. The summed E-state index contributed by atoms with van der Waals surface area (Å²) in [6.07, 6.45) is 12.8. The Kier molecular flexibility index (Phi) is 5.47. The van der Waals surface area contributed by atoms with Crippen molar-refractivity contribution in [1.82, 2.24) is 0 Å². The van der Waals surface area contributed by atoms with Crippen LogP contribution in [-0.4, -0.2) is 24.9 Å². The van der Waals surface area contributed by atoms with Crippen molar-refractivity contribution in [2.75, 3.05) is 13.7 Å². The molecule has 4 unspecified atom stereocenters. The maximum atomic E-state index is 10.6. The SMILES string of the molecule is COC[C@@H](O)C(C)C1CCC2[C@@H]3CC[C@@H]4C[C@@H](C)CC[C@@H]4C3CC[C@]12C. The molecule has 0 radical (unpaired) electrons. The summed E-state index contributed by atoms with van der Waals surface area (Å²) in [5.74, 6) is 7.05. The Bertz CT molecular complexity index is 491. The van der Waals surface area contributed by atoms with Gasteiger partial charge in [-0.1, -0.05) is 27.2 Å². The molecule has 0 amide bonds. The van der Waals surface area contributed by atoms with Crippen molar-refractivity contribution in [3.63, 3.8) is 0 Å². The van der Waals surface area contributed by atoms with E-state index in [2.05, 4.69) is 20.8 Å². The highest BCUT2D eigenvalue weighted by atomic mass is 16.5. The summed E-state index contributed by atoms with van der Waals surface area (Å²) in [6, 6.07) is 0. The Morgan fingerprint density at radius 3 is 2.54 bits per heavy atom. The van der Waals surface area contributed by atoms with E-state index in [1.54, 1.807) is 7.11 Å². The van der Waals surface area contributed by atoms with E-state index in [1.807, 2.05) is 0 Å². The minimum Gasteiger partial charge on any atom is -0.390 e. The topological polar surface area (TPSA) is 29.5 Å². The molecular formula is C24H42O2. The van der Waals surface area contributed by atoms with Crippen LogP contribution in [0.4, 0.5) is 0 Å². The number of fused-ring (bicyclic) bond motifs is 5. The Morgan fingerprint density at radius 1 is 1.00 bits per heavy atom. The van der Waals surface area contributed by atoms with Crippen LogP contribution in [0.3, 0.4) is 0 Å². The van der Waals surface area contributed by atoms with Gasteiger partial charge in [0.25, 0.3) is 0 Å². The number of hydrogen-bond acceptors (Lipinski definition) is 2. The Hall–Kier alpha value is -0.0800. The van der Waals surface area contributed by atoms with Gasteiger partial charge in [-0.2, -0.15) is 0 Å². The fourth-order valence-electron chi connectivity index (χ4n) is 8.58. The zero-order valence-electron chi connectivity index (χ0n) is 17.6. The van der Waals surface area contributed by atoms with Crippen LogP contribution < -0.4 is 0 Å². The van der Waals surface area contributed by atoms with E-state index in [-0.39, 0.29) is 6.10 Å². The van der Waals surface area contributed by atoms with Crippen molar-refractivity contribution in [1.29, 1.82) is 0 Å².